The van der Waals surface area contributed by atoms with Gasteiger partial charge < -0.3 is 0 Å². The van der Waals surface area contributed by atoms with Gasteiger partial charge in [0.2, 0.25) is 5.91 Å². The van der Waals surface area contributed by atoms with Crippen molar-refractivity contribution in [3.8, 4) is 0 Å². The van der Waals surface area contributed by atoms with Crippen LogP contribution in [-0.4, -0.2) is 23.5 Å². The van der Waals surface area contributed by atoms with Gasteiger partial charge in [0, 0.05) is 11.9 Å². The van der Waals surface area contributed by atoms with Crippen LogP contribution in [0.1, 0.15) is 26.3 Å². The smallest absolute Gasteiger partial charge is 0.254 e. The molecule has 0 spiro atoms. The Balaban J connectivity index is 2.19. The SMILES string of the molecule is CC(=O)NNc1cc(CN2OCC(C)(C)C2=O)c(Cl)cc1Cl. The average Bonchev–Trinajstić information content (AvgIpc) is 2.67. The summed E-state index contributed by atoms with van der Waals surface area (Å²) in [6.07, 6.45) is 0. The molecular formula is C14H17Cl2N3O3. The number of hydrogen-bond donors (Lipinski definition) is 2. The van der Waals surface area contributed by atoms with E-state index >= 15 is 0 Å². The minimum Gasteiger partial charge on any atom is -0.297 e. The number of nitrogens with one attached hydrogen (secondary N) is 2. The van der Waals surface area contributed by atoms with E-state index in [1.807, 2.05) is 13.8 Å². The highest BCUT2D eigenvalue weighted by atomic mass is 35.5. The Morgan fingerprint density at radius 3 is 2.59 bits per heavy atom. The predicted molar refractivity (Wildman–Crippen MR) is 84.2 cm³/mol. The zero-order chi connectivity index (χ0) is 16.5. The summed E-state index contributed by atoms with van der Waals surface area (Å²) in [6, 6.07) is 3.22. The third kappa shape index (κ3) is 3.63. The molecule has 0 aromatic heterocycles. The normalized spacial score (nSPS) is 16.8. The van der Waals surface area contributed by atoms with Gasteiger partial charge in [0.1, 0.15) is 0 Å². The first-order valence-electron chi connectivity index (χ1n) is 6.66. The summed E-state index contributed by atoms with van der Waals surface area (Å²) in [5.41, 5.74) is 5.73. The van der Waals surface area contributed by atoms with Gasteiger partial charge in [-0.25, -0.2) is 5.06 Å². The molecule has 1 aliphatic rings. The lowest BCUT2D eigenvalue weighted by molar-refractivity contribution is -0.165. The molecule has 0 unspecified atom stereocenters. The molecule has 1 aromatic rings. The molecule has 1 saturated heterocycles. The molecular weight excluding hydrogens is 329 g/mol. The van der Waals surface area contributed by atoms with Gasteiger partial charge in [-0.2, -0.15) is 0 Å². The molecule has 0 saturated carbocycles. The van der Waals surface area contributed by atoms with Crippen molar-refractivity contribution in [2.45, 2.75) is 27.3 Å². The van der Waals surface area contributed by atoms with E-state index in [9.17, 15) is 9.59 Å². The fraction of sp³-hybridized carbons (Fsp3) is 0.429. The Kier molecular flexibility index (Phi) is 4.84. The highest BCUT2D eigenvalue weighted by Crippen LogP contribution is 2.33. The van der Waals surface area contributed by atoms with Crippen LogP contribution in [0.25, 0.3) is 0 Å². The molecule has 1 heterocycles. The van der Waals surface area contributed by atoms with Crippen molar-refractivity contribution >= 4 is 40.7 Å². The number of nitrogens with zero attached hydrogens (tertiary/aromatic N) is 1. The number of hydroxylamine groups is 2. The maximum atomic E-state index is 12.2. The Bertz CT molecular complexity index is 620. The summed E-state index contributed by atoms with van der Waals surface area (Å²) in [5, 5.41) is 2.06. The van der Waals surface area contributed by atoms with E-state index in [2.05, 4.69) is 10.9 Å². The molecule has 1 aliphatic heterocycles. The topological polar surface area (TPSA) is 70.7 Å². The van der Waals surface area contributed by atoms with Crippen molar-refractivity contribution < 1.29 is 14.4 Å². The Hall–Kier alpha value is -1.50. The summed E-state index contributed by atoms with van der Waals surface area (Å²) >= 11 is 12.2. The second kappa shape index (κ2) is 6.32. The molecule has 120 valence electrons. The molecule has 0 radical (unpaired) electrons. The lowest BCUT2D eigenvalue weighted by atomic mass is 9.95. The summed E-state index contributed by atoms with van der Waals surface area (Å²) in [4.78, 5) is 28.5. The van der Waals surface area contributed by atoms with Crippen molar-refractivity contribution in [2.24, 2.45) is 5.41 Å². The van der Waals surface area contributed by atoms with Gasteiger partial charge in [-0.1, -0.05) is 23.2 Å². The van der Waals surface area contributed by atoms with Gasteiger partial charge in [0.25, 0.3) is 5.91 Å². The van der Waals surface area contributed by atoms with Crippen LogP contribution in [0.15, 0.2) is 12.1 Å². The molecule has 22 heavy (non-hydrogen) atoms. The van der Waals surface area contributed by atoms with Crippen LogP contribution in [0, 0.1) is 5.41 Å². The largest absolute Gasteiger partial charge is 0.297 e. The first-order chi connectivity index (χ1) is 10.2. The van der Waals surface area contributed by atoms with Crippen LogP contribution < -0.4 is 10.9 Å². The third-order valence-corrected chi connectivity index (χ3v) is 3.87. The van der Waals surface area contributed by atoms with Crippen molar-refractivity contribution in [3.05, 3.63) is 27.7 Å². The first-order valence-corrected chi connectivity index (χ1v) is 7.42. The Morgan fingerprint density at radius 1 is 1.36 bits per heavy atom. The van der Waals surface area contributed by atoms with Gasteiger partial charge >= 0.3 is 0 Å². The van der Waals surface area contributed by atoms with Crippen molar-refractivity contribution in [2.75, 3.05) is 12.0 Å². The van der Waals surface area contributed by atoms with Crippen LogP contribution in [-0.2, 0) is 21.0 Å². The van der Waals surface area contributed by atoms with E-state index in [0.717, 1.165) is 0 Å². The van der Waals surface area contributed by atoms with E-state index < -0.39 is 5.41 Å². The monoisotopic (exact) mass is 345 g/mol. The van der Waals surface area contributed by atoms with Crippen molar-refractivity contribution in [1.82, 2.24) is 10.5 Å². The second-order valence-corrected chi connectivity index (χ2v) is 6.54. The van der Waals surface area contributed by atoms with Crippen LogP contribution in [0.4, 0.5) is 5.69 Å². The molecule has 6 nitrogen and oxygen atoms in total. The van der Waals surface area contributed by atoms with Crippen LogP contribution in [0.3, 0.4) is 0 Å². The maximum Gasteiger partial charge on any atom is 0.254 e. The van der Waals surface area contributed by atoms with Crippen LogP contribution in [0.2, 0.25) is 10.0 Å². The number of hydrogen-bond acceptors (Lipinski definition) is 4. The zero-order valence-corrected chi connectivity index (χ0v) is 14.0. The van der Waals surface area contributed by atoms with E-state index in [-0.39, 0.29) is 18.4 Å². The quantitative estimate of drug-likeness (QED) is 0.823. The van der Waals surface area contributed by atoms with Crippen molar-refractivity contribution in [3.63, 3.8) is 0 Å². The third-order valence-electron chi connectivity index (χ3n) is 3.21. The fourth-order valence-electron chi connectivity index (χ4n) is 1.94. The molecule has 0 bridgehead atoms. The van der Waals surface area contributed by atoms with E-state index in [1.165, 1.54) is 12.0 Å². The predicted octanol–water partition coefficient (Wildman–Crippen LogP) is 2.76. The number of halogens is 2. The number of anilines is 1. The molecule has 2 rings (SSSR count). The van der Waals surface area contributed by atoms with E-state index in [1.54, 1.807) is 12.1 Å². The number of carbonyl (C=O) groups excluding carboxylic acids is 2. The van der Waals surface area contributed by atoms with Crippen molar-refractivity contribution in [1.29, 1.82) is 0 Å². The molecule has 2 amide bonds. The van der Waals surface area contributed by atoms with Gasteiger partial charge in [-0.3, -0.25) is 25.3 Å². The second-order valence-electron chi connectivity index (χ2n) is 5.73. The number of hydrazine groups is 1. The molecule has 1 fully saturated rings. The molecule has 8 heteroatoms. The van der Waals surface area contributed by atoms with Gasteiger partial charge in [-0.05, 0) is 31.5 Å². The number of amides is 2. The molecule has 1 aromatic carbocycles. The number of carbonyl (C=O) groups is 2. The fourth-order valence-corrected chi connectivity index (χ4v) is 2.43. The summed E-state index contributed by atoms with van der Waals surface area (Å²) in [7, 11) is 0. The Morgan fingerprint density at radius 2 is 2.05 bits per heavy atom. The lowest BCUT2D eigenvalue weighted by Gasteiger charge is -2.18. The lowest BCUT2D eigenvalue weighted by Crippen LogP contribution is -2.30. The maximum absolute atomic E-state index is 12.2. The van der Waals surface area contributed by atoms with Gasteiger partial charge in [0.15, 0.2) is 0 Å². The van der Waals surface area contributed by atoms with Crippen LogP contribution in [0.5, 0.6) is 0 Å². The number of rotatable bonds is 4. The van der Waals surface area contributed by atoms with E-state index in [0.29, 0.717) is 27.9 Å². The first kappa shape index (κ1) is 16.9. The molecule has 0 aliphatic carbocycles. The number of benzene rings is 1. The summed E-state index contributed by atoms with van der Waals surface area (Å²) < 4.78 is 0. The minimum absolute atomic E-state index is 0.102. The minimum atomic E-state index is -0.545. The molecule has 0 atom stereocenters. The Labute approximate surface area is 138 Å². The highest BCUT2D eigenvalue weighted by molar-refractivity contribution is 6.36. The van der Waals surface area contributed by atoms with Crippen LogP contribution >= 0.6 is 23.2 Å². The average molecular weight is 346 g/mol. The highest BCUT2D eigenvalue weighted by Gasteiger charge is 2.40. The zero-order valence-electron chi connectivity index (χ0n) is 12.5. The summed E-state index contributed by atoms with van der Waals surface area (Å²) in [6.45, 7) is 5.54. The standard InChI is InChI=1S/C14H17Cl2N3O3/c1-8(20)17-18-12-4-9(10(15)5-11(12)16)6-19-13(21)14(2,3)7-22-19/h4-5,18H,6-7H2,1-3H3,(H,17,20). The van der Waals surface area contributed by atoms with Gasteiger partial charge in [-0.15, -0.1) is 0 Å². The summed E-state index contributed by atoms with van der Waals surface area (Å²) in [5.74, 6) is -0.359. The van der Waals surface area contributed by atoms with E-state index in [4.69, 9.17) is 28.0 Å². The van der Waals surface area contributed by atoms with Gasteiger partial charge in [0.05, 0.1) is 29.3 Å². The molecule has 2 N–H and O–H groups in total.